The lowest BCUT2D eigenvalue weighted by molar-refractivity contribution is -0.215. The standard InChI is InChI=1S/C29H44O5/c1-17-14-19-18-6-7-22-25(2)10-9-23(32)26(3,16-30)21(25)8-11-28(22,5)27(18,4)12-13-29(19,24(33)34)15-20(17)31/h6,19-23,30-32H,1,7-16H2,2-5H3,(H,33,34)/t19-,20+,21?,22-,23+,25+,26?,27-,28-,29-/m1/s1. The van der Waals surface area contributed by atoms with Gasteiger partial charge >= 0.3 is 5.97 Å². The number of aliphatic hydroxyl groups excluding tert-OH is 3. The molecular weight excluding hydrogens is 428 g/mol. The minimum absolute atomic E-state index is 0.0177. The van der Waals surface area contributed by atoms with Gasteiger partial charge in [-0.05, 0) is 91.4 Å². The monoisotopic (exact) mass is 472 g/mol. The summed E-state index contributed by atoms with van der Waals surface area (Å²) in [5.41, 5.74) is 0.667. The quantitative estimate of drug-likeness (QED) is 0.437. The summed E-state index contributed by atoms with van der Waals surface area (Å²) in [4.78, 5) is 12.7. The Hall–Kier alpha value is -1.17. The molecule has 0 heterocycles. The van der Waals surface area contributed by atoms with Crippen molar-refractivity contribution < 1.29 is 25.2 Å². The number of aliphatic carboxylic acids is 1. The number of aliphatic hydroxyl groups is 3. The van der Waals surface area contributed by atoms with Gasteiger partial charge in [0.05, 0.1) is 24.2 Å². The molecule has 190 valence electrons. The third-order valence-electron chi connectivity index (χ3n) is 12.7. The van der Waals surface area contributed by atoms with Gasteiger partial charge in [0.15, 0.2) is 0 Å². The predicted molar refractivity (Wildman–Crippen MR) is 131 cm³/mol. The number of allylic oxidation sites excluding steroid dienone is 2. The average molecular weight is 473 g/mol. The number of rotatable bonds is 2. The number of carboxylic acid groups (broad SMARTS) is 1. The summed E-state index contributed by atoms with van der Waals surface area (Å²) in [6, 6.07) is 0. The Morgan fingerprint density at radius 2 is 1.76 bits per heavy atom. The molecule has 5 heteroatoms. The van der Waals surface area contributed by atoms with Crippen LogP contribution in [0.25, 0.3) is 0 Å². The zero-order chi connectivity index (χ0) is 24.9. The maximum atomic E-state index is 12.7. The third kappa shape index (κ3) is 2.75. The van der Waals surface area contributed by atoms with Crippen molar-refractivity contribution in [1.82, 2.24) is 0 Å². The van der Waals surface area contributed by atoms with Crippen LogP contribution < -0.4 is 0 Å². The number of carbonyl (C=O) groups is 1. The van der Waals surface area contributed by atoms with Crippen molar-refractivity contribution >= 4 is 5.97 Å². The van der Waals surface area contributed by atoms with E-state index < -0.39 is 29.0 Å². The van der Waals surface area contributed by atoms with Gasteiger partial charge in [-0.1, -0.05) is 45.9 Å². The third-order valence-corrected chi connectivity index (χ3v) is 12.7. The normalized spacial score (nSPS) is 54.7. The zero-order valence-corrected chi connectivity index (χ0v) is 21.4. The van der Waals surface area contributed by atoms with E-state index in [9.17, 15) is 25.2 Å². The second-order valence-corrected chi connectivity index (χ2v) is 13.6. The fraction of sp³-hybridized carbons (Fsp3) is 0.828. The highest BCUT2D eigenvalue weighted by molar-refractivity contribution is 5.77. The summed E-state index contributed by atoms with van der Waals surface area (Å²) in [7, 11) is 0. The Balaban J connectivity index is 1.59. The van der Waals surface area contributed by atoms with Crippen LogP contribution >= 0.6 is 0 Å². The Morgan fingerprint density at radius 3 is 2.41 bits per heavy atom. The number of carboxylic acids is 1. The minimum Gasteiger partial charge on any atom is -0.481 e. The molecule has 0 aromatic heterocycles. The lowest BCUT2D eigenvalue weighted by atomic mass is 9.33. The van der Waals surface area contributed by atoms with Gasteiger partial charge in [-0.3, -0.25) is 4.79 Å². The zero-order valence-electron chi connectivity index (χ0n) is 21.4. The highest BCUT2D eigenvalue weighted by Crippen LogP contribution is 2.75. The van der Waals surface area contributed by atoms with Crippen molar-refractivity contribution in [3.8, 4) is 0 Å². The van der Waals surface area contributed by atoms with Crippen LogP contribution in [-0.2, 0) is 4.79 Å². The lowest BCUT2D eigenvalue weighted by Gasteiger charge is -2.71. The maximum absolute atomic E-state index is 12.7. The van der Waals surface area contributed by atoms with E-state index in [-0.39, 0.29) is 41.1 Å². The minimum atomic E-state index is -0.902. The van der Waals surface area contributed by atoms with Gasteiger partial charge in [0, 0.05) is 11.3 Å². The van der Waals surface area contributed by atoms with Crippen LogP contribution in [0.1, 0.15) is 85.5 Å². The topological polar surface area (TPSA) is 98.0 Å². The van der Waals surface area contributed by atoms with E-state index in [1.54, 1.807) is 0 Å². The molecule has 0 aliphatic heterocycles. The fourth-order valence-corrected chi connectivity index (χ4v) is 10.2. The van der Waals surface area contributed by atoms with Crippen molar-refractivity contribution in [1.29, 1.82) is 0 Å². The van der Waals surface area contributed by atoms with Crippen LogP contribution in [0.2, 0.25) is 0 Å². The van der Waals surface area contributed by atoms with Gasteiger partial charge in [-0.15, -0.1) is 0 Å². The van der Waals surface area contributed by atoms with E-state index in [2.05, 4.69) is 40.3 Å². The molecule has 0 aromatic rings. The molecule has 5 rings (SSSR count). The molecule has 0 radical (unpaired) electrons. The number of hydrogen-bond acceptors (Lipinski definition) is 4. The first kappa shape index (κ1) is 24.5. The highest BCUT2D eigenvalue weighted by Gasteiger charge is 2.69. The second-order valence-electron chi connectivity index (χ2n) is 13.6. The van der Waals surface area contributed by atoms with Gasteiger partial charge in [0.25, 0.3) is 0 Å². The molecule has 0 spiro atoms. The fourth-order valence-electron chi connectivity index (χ4n) is 10.2. The van der Waals surface area contributed by atoms with Gasteiger partial charge < -0.3 is 20.4 Å². The van der Waals surface area contributed by atoms with Gasteiger partial charge in [0.2, 0.25) is 0 Å². The Labute approximate surface area is 204 Å². The SMILES string of the molecule is C=C1C[C@@H]2C3=CC[C@@H]4[C@@]5(C)CC[C@H](O)C(C)(CO)C5CC[C@@]4(C)[C@]3(C)CC[C@@]2(C(=O)O)C[C@@H]1O. The molecule has 34 heavy (non-hydrogen) atoms. The van der Waals surface area contributed by atoms with Crippen LogP contribution in [0, 0.1) is 44.8 Å². The first-order valence-corrected chi connectivity index (χ1v) is 13.4. The van der Waals surface area contributed by atoms with Crippen LogP contribution in [0.4, 0.5) is 0 Å². The molecule has 4 N–H and O–H groups in total. The van der Waals surface area contributed by atoms with E-state index in [4.69, 9.17) is 0 Å². The number of hydrogen-bond donors (Lipinski definition) is 4. The summed E-state index contributed by atoms with van der Waals surface area (Å²) in [6.45, 7) is 13.5. The molecule has 10 atom stereocenters. The molecule has 5 aliphatic carbocycles. The smallest absolute Gasteiger partial charge is 0.310 e. The van der Waals surface area contributed by atoms with E-state index in [1.807, 2.05) is 0 Å². The Kier molecular flexibility index (Phi) is 5.36. The Morgan fingerprint density at radius 1 is 1.06 bits per heavy atom. The molecule has 4 saturated carbocycles. The maximum Gasteiger partial charge on any atom is 0.310 e. The summed E-state index contributed by atoms with van der Waals surface area (Å²) < 4.78 is 0. The molecule has 5 aliphatic rings. The molecule has 0 bridgehead atoms. The molecule has 4 fully saturated rings. The van der Waals surface area contributed by atoms with Crippen molar-refractivity contribution in [2.45, 2.75) is 97.7 Å². The Bertz CT molecular complexity index is 941. The molecule has 0 saturated heterocycles. The van der Waals surface area contributed by atoms with E-state index in [0.29, 0.717) is 18.8 Å². The van der Waals surface area contributed by atoms with Crippen LogP contribution in [0.15, 0.2) is 23.8 Å². The van der Waals surface area contributed by atoms with Gasteiger partial charge in [-0.2, -0.15) is 0 Å². The van der Waals surface area contributed by atoms with Gasteiger partial charge in [0.1, 0.15) is 0 Å². The first-order valence-electron chi connectivity index (χ1n) is 13.4. The van der Waals surface area contributed by atoms with Crippen molar-refractivity contribution in [2.75, 3.05) is 6.61 Å². The van der Waals surface area contributed by atoms with Crippen molar-refractivity contribution in [3.63, 3.8) is 0 Å². The highest BCUT2D eigenvalue weighted by atomic mass is 16.4. The second kappa shape index (κ2) is 7.43. The summed E-state index contributed by atoms with van der Waals surface area (Å²) in [5, 5.41) is 42.2. The van der Waals surface area contributed by atoms with E-state index in [1.165, 1.54) is 5.57 Å². The molecule has 0 amide bonds. The van der Waals surface area contributed by atoms with E-state index >= 15 is 0 Å². The van der Waals surface area contributed by atoms with Crippen LogP contribution in [-0.4, -0.2) is 45.2 Å². The van der Waals surface area contributed by atoms with Crippen molar-refractivity contribution in [3.05, 3.63) is 23.8 Å². The average Bonchev–Trinajstić information content (AvgIpc) is 2.78. The number of fused-ring (bicyclic) bond motifs is 7. The summed E-state index contributed by atoms with van der Waals surface area (Å²) in [5.74, 6) is -0.161. The largest absolute Gasteiger partial charge is 0.481 e. The molecule has 2 unspecified atom stereocenters. The van der Waals surface area contributed by atoms with Gasteiger partial charge in [-0.25, -0.2) is 0 Å². The lowest BCUT2D eigenvalue weighted by Crippen LogP contribution is -2.66. The molecular formula is C29H44O5. The first-order chi connectivity index (χ1) is 15.8. The predicted octanol–water partition coefficient (Wildman–Crippen LogP) is 4.71. The summed E-state index contributed by atoms with van der Waals surface area (Å²) >= 11 is 0. The van der Waals surface area contributed by atoms with E-state index in [0.717, 1.165) is 44.1 Å². The van der Waals surface area contributed by atoms with Crippen LogP contribution in [0.5, 0.6) is 0 Å². The summed E-state index contributed by atoms with van der Waals surface area (Å²) in [6.07, 6.45) is 8.09. The van der Waals surface area contributed by atoms with Crippen LogP contribution in [0.3, 0.4) is 0 Å². The molecule has 5 nitrogen and oxygen atoms in total. The van der Waals surface area contributed by atoms with Crippen molar-refractivity contribution in [2.24, 2.45) is 44.8 Å². The molecule has 0 aromatic carbocycles.